The lowest BCUT2D eigenvalue weighted by atomic mass is 9.80. The Morgan fingerprint density at radius 3 is 2.50 bits per heavy atom. The highest BCUT2D eigenvalue weighted by Gasteiger charge is 2.38. The molecule has 2 fully saturated rings. The minimum absolute atomic E-state index is 0.0497. The first-order chi connectivity index (χ1) is 8.77. The molecule has 1 saturated carbocycles. The van der Waals surface area contributed by atoms with Gasteiger partial charge in [-0.1, -0.05) is 19.3 Å². The van der Waals surface area contributed by atoms with Gasteiger partial charge in [-0.15, -0.1) is 0 Å². The summed E-state index contributed by atoms with van der Waals surface area (Å²) < 4.78 is 0. The van der Waals surface area contributed by atoms with Crippen molar-refractivity contribution in [1.82, 2.24) is 15.5 Å². The normalized spacial score (nSPS) is 24.5. The van der Waals surface area contributed by atoms with Crippen molar-refractivity contribution in [1.29, 1.82) is 0 Å². The second kappa shape index (κ2) is 6.66. The number of urea groups is 1. The Balaban J connectivity index is 1.99. The van der Waals surface area contributed by atoms with E-state index in [-0.39, 0.29) is 11.6 Å². The number of amides is 2. The molecular formula is C13H25N3OS. The molecule has 0 aromatic heterocycles. The van der Waals surface area contributed by atoms with E-state index >= 15 is 0 Å². The van der Waals surface area contributed by atoms with E-state index in [9.17, 15) is 4.79 Å². The van der Waals surface area contributed by atoms with Gasteiger partial charge in [-0.2, -0.15) is 11.8 Å². The maximum Gasteiger partial charge on any atom is 0.314 e. The summed E-state index contributed by atoms with van der Waals surface area (Å²) in [5, 5.41) is 5.69. The fourth-order valence-corrected chi connectivity index (χ4v) is 4.09. The summed E-state index contributed by atoms with van der Waals surface area (Å²) in [6.45, 7) is 3.16. The van der Waals surface area contributed by atoms with Gasteiger partial charge >= 0.3 is 6.03 Å². The predicted octanol–water partition coefficient (Wildman–Crippen LogP) is 1.67. The van der Waals surface area contributed by atoms with Gasteiger partial charge in [-0.25, -0.2) is 4.79 Å². The number of carbonyl (C=O) groups excluding carboxylic acids is 1. The molecule has 0 spiro atoms. The van der Waals surface area contributed by atoms with Gasteiger partial charge in [-0.3, -0.25) is 4.90 Å². The zero-order chi connectivity index (χ0) is 12.8. The van der Waals surface area contributed by atoms with Crippen molar-refractivity contribution in [2.75, 3.05) is 38.2 Å². The molecule has 18 heavy (non-hydrogen) atoms. The van der Waals surface area contributed by atoms with Crippen molar-refractivity contribution in [2.45, 2.75) is 37.6 Å². The topological polar surface area (TPSA) is 44.4 Å². The SMILES string of the molecule is CNC(=O)NCC1(N2CCSCC2)CCCCC1. The number of carbonyl (C=O) groups is 1. The van der Waals surface area contributed by atoms with E-state index < -0.39 is 0 Å². The Kier molecular flexibility index (Phi) is 5.18. The maximum absolute atomic E-state index is 11.4. The van der Waals surface area contributed by atoms with E-state index in [1.165, 1.54) is 56.7 Å². The molecule has 1 saturated heterocycles. The van der Waals surface area contributed by atoms with Crippen molar-refractivity contribution in [3.8, 4) is 0 Å². The van der Waals surface area contributed by atoms with Crippen LogP contribution in [0.4, 0.5) is 4.79 Å². The van der Waals surface area contributed by atoms with Gasteiger partial charge < -0.3 is 10.6 Å². The van der Waals surface area contributed by atoms with E-state index in [1.54, 1.807) is 7.05 Å². The van der Waals surface area contributed by atoms with Crippen LogP contribution in [0, 0.1) is 0 Å². The fraction of sp³-hybridized carbons (Fsp3) is 0.923. The van der Waals surface area contributed by atoms with Crippen LogP contribution in [-0.2, 0) is 0 Å². The van der Waals surface area contributed by atoms with Gasteiger partial charge in [0.05, 0.1) is 0 Å². The molecule has 1 heterocycles. The third-order valence-electron chi connectivity index (χ3n) is 4.27. The molecule has 5 heteroatoms. The molecule has 0 radical (unpaired) electrons. The van der Waals surface area contributed by atoms with Crippen LogP contribution in [-0.4, -0.2) is 54.7 Å². The number of rotatable bonds is 3. The number of hydrogen-bond acceptors (Lipinski definition) is 3. The van der Waals surface area contributed by atoms with E-state index in [0.29, 0.717) is 0 Å². The number of thioether (sulfide) groups is 1. The molecule has 0 aromatic rings. The van der Waals surface area contributed by atoms with Crippen molar-refractivity contribution < 1.29 is 4.79 Å². The molecule has 4 nitrogen and oxygen atoms in total. The van der Waals surface area contributed by atoms with Crippen LogP contribution < -0.4 is 10.6 Å². The fourth-order valence-electron chi connectivity index (χ4n) is 3.19. The van der Waals surface area contributed by atoms with E-state index in [0.717, 1.165) is 6.54 Å². The first kappa shape index (κ1) is 14.0. The largest absolute Gasteiger partial charge is 0.341 e. The molecule has 2 aliphatic rings. The van der Waals surface area contributed by atoms with Crippen LogP contribution in [0.3, 0.4) is 0 Å². The van der Waals surface area contributed by atoms with Crippen LogP contribution in [0.15, 0.2) is 0 Å². The molecule has 104 valence electrons. The minimum Gasteiger partial charge on any atom is -0.341 e. The molecule has 0 atom stereocenters. The van der Waals surface area contributed by atoms with Crippen molar-refractivity contribution in [2.24, 2.45) is 0 Å². The number of nitrogens with zero attached hydrogens (tertiary/aromatic N) is 1. The minimum atomic E-state index is -0.0497. The average Bonchev–Trinajstić information content (AvgIpc) is 2.46. The zero-order valence-corrected chi connectivity index (χ0v) is 12.2. The Morgan fingerprint density at radius 2 is 1.89 bits per heavy atom. The molecule has 1 aliphatic heterocycles. The second-order valence-corrected chi connectivity index (χ2v) is 6.54. The third-order valence-corrected chi connectivity index (χ3v) is 5.21. The maximum atomic E-state index is 11.4. The number of nitrogens with one attached hydrogen (secondary N) is 2. The zero-order valence-electron chi connectivity index (χ0n) is 11.3. The smallest absolute Gasteiger partial charge is 0.314 e. The van der Waals surface area contributed by atoms with Gasteiger partial charge in [0.2, 0.25) is 0 Å². The van der Waals surface area contributed by atoms with Crippen LogP contribution >= 0.6 is 11.8 Å². The standard InChI is InChI=1S/C13H25N3OS/c1-14-12(17)15-11-13(5-3-2-4-6-13)16-7-9-18-10-8-16/h2-11H2,1H3,(H2,14,15,17). The highest BCUT2D eigenvalue weighted by Crippen LogP contribution is 2.34. The Bertz CT molecular complexity index is 273. The lowest BCUT2D eigenvalue weighted by molar-refractivity contribution is 0.0608. The lowest BCUT2D eigenvalue weighted by Crippen LogP contribution is -2.59. The van der Waals surface area contributed by atoms with Gasteiger partial charge in [0.25, 0.3) is 0 Å². The Hall–Kier alpha value is -0.420. The third kappa shape index (κ3) is 3.32. The summed E-state index contributed by atoms with van der Waals surface area (Å²) in [6.07, 6.45) is 6.44. The summed E-state index contributed by atoms with van der Waals surface area (Å²) in [5.41, 5.74) is 0.228. The first-order valence-corrected chi connectivity index (χ1v) is 8.21. The van der Waals surface area contributed by atoms with Crippen LogP contribution in [0.25, 0.3) is 0 Å². The van der Waals surface area contributed by atoms with Gasteiger partial charge in [0, 0.05) is 43.7 Å². The van der Waals surface area contributed by atoms with Gasteiger partial charge in [0.15, 0.2) is 0 Å². The molecule has 0 bridgehead atoms. The molecule has 1 aliphatic carbocycles. The van der Waals surface area contributed by atoms with Crippen molar-refractivity contribution in [3.05, 3.63) is 0 Å². The molecular weight excluding hydrogens is 246 g/mol. The Labute approximate surface area is 114 Å². The molecule has 2 amide bonds. The summed E-state index contributed by atoms with van der Waals surface area (Å²) in [4.78, 5) is 14.1. The monoisotopic (exact) mass is 271 g/mol. The van der Waals surface area contributed by atoms with Crippen LogP contribution in [0.1, 0.15) is 32.1 Å². The molecule has 2 rings (SSSR count). The second-order valence-electron chi connectivity index (χ2n) is 5.32. The van der Waals surface area contributed by atoms with E-state index in [1.807, 2.05) is 11.8 Å². The van der Waals surface area contributed by atoms with E-state index in [2.05, 4.69) is 15.5 Å². The summed E-state index contributed by atoms with van der Waals surface area (Å²) >= 11 is 2.05. The summed E-state index contributed by atoms with van der Waals surface area (Å²) in [6, 6.07) is -0.0497. The average molecular weight is 271 g/mol. The summed E-state index contributed by atoms with van der Waals surface area (Å²) in [7, 11) is 1.68. The van der Waals surface area contributed by atoms with Gasteiger partial charge in [0.1, 0.15) is 0 Å². The summed E-state index contributed by atoms with van der Waals surface area (Å²) in [5.74, 6) is 2.48. The number of hydrogen-bond donors (Lipinski definition) is 2. The van der Waals surface area contributed by atoms with E-state index in [4.69, 9.17) is 0 Å². The Morgan fingerprint density at radius 1 is 1.22 bits per heavy atom. The highest BCUT2D eigenvalue weighted by atomic mass is 32.2. The van der Waals surface area contributed by atoms with Crippen molar-refractivity contribution >= 4 is 17.8 Å². The van der Waals surface area contributed by atoms with Gasteiger partial charge in [-0.05, 0) is 12.8 Å². The lowest BCUT2D eigenvalue weighted by Gasteiger charge is -2.48. The molecule has 0 aromatic carbocycles. The predicted molar refractivity (Wildman–Crippen MR) is 77.2 cm³/mol. The highest BCUT2D eigenvalue weighted by molar-refractivity contribution is 7.99. The first-order valence-electron chi connectivity index (χ1n) is 7.05. The molecule has 0 unspecified atom stereocenters. The quantitative estimate of drug-likeness (QED) is 0.820. The molecule has 2 N–H and O–H groups in total. The van der Waals surface area contributed by atoms with Crippen LogP contribution in [0.5, 0.6) is 0 Å². The van der Waals surface area contributed by atoms with Crippen LogP contribution in [0.2, 0.25) is 0 Å². The van der Waals surface area contributed by atoms with Crippen molar-refractivity contribution in [3.63, 3.8) is 0 Å².